The molecule has 0 aromatic rings. The van der Waals surface area contributed by atoms with E-state index < -0.39 is 41.3 Å². The van der Waals surface area contributed by atoms with Gasteiger partial charge in [0.15, 0.2) is 0 Å². The van der Waals surface area contributed by atoms with Crippen LogP contribution in [0.5, 0.6) is 0 Å². The Morgan fingerprint density at radius 2 is 1.96 bits per heavy atom. The fourth-order valence-corrected chi connectivity index (χ4v) is 5.00. The predicted octanol–water partition coefficient (Wildman–Crippen LogP) is 0.811. The molecule has 0 aliphatic carbocycles. The van der Waals surface area contributed by atoms with Gasteiger partial charge >= 0.3 is 0 Å². The Morgan fingerprint density at radius 1 is 1.32 bits per heavy atom. The summed E-state index contributed by atoms with van der Waals surface area (Å²) in [6.07, 6.45) is -0.0980. The van der Waals surface area contributed by atoms with Crippen LogP contribution in [0.25, 0.3) is 0 Å². The van der Waals surface area contributed by atoms with E-state index in [-0.39, 0.29) is 24.4 Å². The van der Waals surface area contributed by atoms with Gasteiger partial charge in [-0.15, -0.1) is 35.8 Å². The number of nitrogens with one attached hydrogen (secondary N) is 1. The standard InChI is InChI=1S/C18H33ClN2O5S.ClH/c1-5-6-10-7-11(21(3)8-10)17(25)20-12(9(2)19)16-14(23)13(22)15(24)18(26-16)27-4;/h9-16,18,22-24H,5-8H2,1-4H3,(H,20,25);1H/t9?,10-,11+,12?,13+,14+,15-,16+,18-;/m1./s1. The Morgan fingerprint density at radius 3 is 2.50 bits per heavy atom. The molecular formula is C18H34Cl2N2O5S. The largest absolute Gasteiger partial charge is 0.388 e. The summed E-state index contributed by atoms with van der Waals surface area (Å²) in [5.74, 6) is 0.350. The summed E-state index contributed by atoms with van der Waals surface area (Å²) in [5.41, 5.74) is -0.702. The minimum Gasteiger partial charge on any atom is -0.388 e. The lowest BCUT2D eigenvalue weighted by molar-refractivity contribution is -0.205. The number of carbonyl (C=O) groups is 1. The van der Waals surface area contributed by atoms with Crippen molar-refractivity contribution < 1.29 is 24.9 Å². The van der Waals surface area contributed by atoms with Gasteiger partial charge in [0.05, 0.1) is 17.5 Å². The Labute approximate surface area is 182 Å². The van der Waals surface area contributed by atoms with Crippen molar-refractivity contribution in [1.29, 1.82) is 0 Å². The number of halogens is 2. The van der Waals surface area contributed by atoms with Crippen LogP contribution in [0.2, 0.25) is 0 Å². The third-order valence-corrected chi connectivity index (χ3v) is 6.76. The molecule has 2 unspecified atom stereocenters. The first-order chi connectivity index (χ1) is 12.7. The normalized spacial score (nSPS) is 38.5. The van der Waals surface area contributed by atoms with E-state index in [1.165, 1.54) is 11.8 Å². The molecule has 2 rings (SSSR count). The van der Waals surface area contributed by atoms with Crippen LogP contribution in [-0.2, 0) is 9.53 Å². The molecule has 7 nitrogen and oxygen atoms in total. The highest BCUT2D eigenvalue weighted by atomic mass is 35.5. The molecule has 1 amide bonds. The SMILES string of the molecule is CCC[C@@H]1C[C@@H](C(=O)NC(C(C)Cl)[C@@H]2O[C@H](SC)[C@H](O)[C@@H](O)[C@@H]2O)N(C)C1.Cl. The first-order valence-corrected chi connectivity index (χ1v) is 11.3. The van der Waals surface area contributed by atoms with E-state index >= 15 is 0 Å². The zero-order chi connectivity index (χ0) is 20.3. The van der Waals surface area contributed by atoms with E-state index in [1.807, 2.05) is 11.9 Å². The van der Waals surface area contributed by atoms with Crippen molar-refractivity contribution in [3.8, 4) is 0 Å². The van der Waals surface area contributed by atoms with Crippen molar-refractivity contribution in [2.45, 2.75) is 80.4 Å². The van der Waals surface area contributed by atoms with Gasteiger partial charge in [0.1, 0.15) is 29.9 Å². The third kappa shape index (κ3) is 5.88. The van der Waals surface area contributed by atoms with Crippen molar-refractivity contribution >= 4 is 41.7 Å². The quantitative estimate of drug-likeness (QED) is 0.416. The van der Waals surface area contributed by atoms with Crippen molar-refractivity contribution in [3.05, 3.63) is 0 Å². The number of likely N-dealkylation sites (N-methyl/N-ethyl adjacent to an activating group) is 1. The molecule has 2 aliphatic rings. The Kier molecular flexibility index (Phi) is 10.8. The van der Waals surface area contributed by atoms with Gasteiger partial charge in [-0.05, 0) is 39.0 Å². The van der Waals surface area contributed by atoms with Crippen molar-refractivity contribution in [2.75, 3.05) is 19.8 Å². The van der Waals surface area contributed by atoms with Gasteiger partial charge in [-0.25, -0.2) is 0 Å². The molecule has 0 saturated carbocycles. The van der Waals surface area contributed by atoms with Gasteiger partial charge in [-0.3, -0.25) is 9.69 Å². The summed E-state index contributed by atoms with van der Waals surface area (Å²) < 4.78 is 5.79. The molecule has 2 aliphatic heterocycles. The van der Waals surface area contributed by atoms with Gasteiger partial charge in [-0.1, -0.05) is 13.3 Å². The van der Waals surface area contributed by atoms with Crippen molar-refractivity contribution in [3.63, 3.8) is 0 Å². The van der Waals surface area contributed by atoms with Gasteiger partial charge in [0.2, 0.25) is 5.91 Å². The lowest BCUT2D eigenvalue weighted by Crippen LogP contribution is -2.65. The molecule has 0 bridgehead atoms. The minimum atomic E-state index is -1.36. The zero-order valence-corrected chi connectivity index (χ0v) is 19.2. The summed E-state index contributed by atoms with van der Waals surface area (Å²) in [4.78, 5) is 14.9. The third-order valence-electron chi connectivity index (χ3n) is 5.63. The molecule has 2 saturated heterocycles. The lowest BCUT2D eigenvalue weighted by atomic mass is 9.92. The molecule has 0 aromatic carbocycles. The summed E-state index contributed by atoms with van der Waals surface area (Å²) >= 11 is 7.55. The average Bonchev–Trinajstić information content (AvgIpc) is 2.99. The summed E-state index contributed by atoms with van der Waals surface area (Å²) in [7, 11) is 1.94. The maximum absolute atomic E-state index is 12.9. The smallest absolute Gasteiger partial charge is 0.237 e. The number of hydrogen-bond acceptors (Lipinski definition) is 7. The van der Waals surface area contributed by atoms with E-state index in [1.54, 1.807) is 13.2 Å². The molecule has 4 N–H and O–H groups in total. The van der Waals surface area contributed by atoms with Crippen molar-refractivity contribution in [1.82, 2.24) is 10.2 Å². The highest BCUT2D eigenvalue weighted by Gasteiger charge is 2.48. The molecule has 2 fully saturated rings. The van der Waals surface area contributed by atoms with Crippen LogP contribution < -0.4 is 5.32 Å². The predicted molar refractivity (Wildman–Crippen MR) is 114 cm³/mol. The first kappa shape index (κ1) is 26.2. The Bertz CT molecular complexity index is 503. The summed E-state index contributed by atoms with van der Waals surface area (Å²) in [6, 6.07) is -0.934. The Hall–Kier alpha value is 0.200. The fraction of sp³-hybridized carbons (Fsp3) is 0.944. The van der Waals surface area contributed by atoms with Gasteiger partial charge in [0, 0.05) is 6.54 Å². The number of carbonyl (C=O) groups excluding carboxylic acids is 1. The molecule has 2 heterocycles. The first-order valence-electron chi connectivity index (χ1n) is 9.58. The van der Waals surface area contributed by atoms with E-state index in [4.69, 9.17) is 16.3 Å². The molecule has 0 aromatic heterocycles. The van der Waals surface area contributed by atoms with E-state index in [0.29, 0.717) is 5.92 Å². The maximum Gasteiger partial charge on any atom is 0.237 e. The van der Waals surface area contributed by atoms with Crippen LogP contribution in [0, 0.1) is 5.92 Å². The number of amides is 1. The number of hydrogen-bond donors (Lipinski definition) is 4. The Balaban J connectivity index is 0.00000392. The van der Waals surface area contributed by atoms with Crippen LogP contribution in [0.4, 0.5) is 0 Å². The molecule has 9 atom stereocenters. The van der Waals surface area contributed by atoms with Crippen LogP contribution in [0.1, 0.15) is 33.1 Å². The molecule has 0 radical (unpaired) electrons. The number of likely N-dealkylation sites (tertiary alicyclic amines) is 1. The number of aliphatic hydroxyl groups is 3. The average molecular weight is 461 g/mol. The highest BCUT2D eigenvalue weighted by Crippen LogP contribution is 2.31. The topological polar surface area (TPSA) is 102 Å². The van der Waals surface area contributed by atoms with Crippen LogP contribution in [-0.4, -0.2) is 93.3 Å². The number of ether oxygens (including phenoxy) is 1. The van der Waals surface area contributed by atoms with E-state index in [2.05, 4.69) is 12.2 Å². The van der Waals surface area contributed by atoms with Crippen LogP contribution in [0.3, 0.4) is 0 Å². The number of aliphatic hydroxyl groups excluding tert-OH is 3. The van der Waals surface area contributed by atoms with Gasteiger partial charge in [0.25, 0.3) is 0 Å². The van der Waals surface area contributed by atoms with Crippen molar-refractivity contribution in [2.24, 2.45) is 5.92 Å². The monoisotopic (exact) mass is 460 g/mol. The molecule has 0 spiro atoms. The maximum atomic E-state index is 12.9. The van der Waals surface area contributed by atoms with Gasteiger partial charge in [-0.2, -0.15) is 0 Å². The summed E-state index contributed by atoms with van der Waals surface area (Å²) in [6.45, 7) is 4.74. The molecule has 28 heavy (non-hydrogen) atoms. The van der Waals surface area contributed by atoms with Crippen LogP contribution in [0.15, 0.2) is 0 Å². The van der Waals surface area contributed by atoms with E-state index in [9.17, 15) is 20.1 Å². The number of rotatable bonds is 7. The minimum absolute atomic E-state index is 0. The number of thioether (sulfide) groups is 1. The van der Waals surface area contributed by atoms with Crippen LogP contribution >= 0.6 is 35.8 Å². The summed E-state index contributed by atoms with van der Waals surface area (Å²) in [5, 5.41) is 33.0. The number of nitrogens with zero attached hydrogens (tertiary/aromatic N) is 1. The molecular weight excluding hydrogens is 427 g/mol. The second kappa shape index (κ2) is 11.6. The second-order valence-corrected chi connectivity index (χ2v) is 9.36. The zero-order valence-electron chi connectivity index (χ0n) is 16.8. The molecule has 166 valence electrons. The highest BCUT2D eigenvalue weighted by molar-refractivity contribution is 7.99. The van der Waals surface area contributed by atoms with Gasteiger partial charge < -0.3 is 25.4 Å². The fourth-order valence-electron chi connectivity index (χ4n) is 4.11. The van der Waals surface area contributed by atoms with E-state index in [0.717, 1.165) is 25.8 Å². The lowest BCUT2D eigenvalue weighted by Gasteiger charge is -2.44. The second-order valence-electron chi connectivity index (χ2n) is 7.73. The molecule has 10 heteroatoms. The number of alkyl halides is 1.